The first-order valence-corrected chi connectivity index (χ1v) is 7.06. The number of fused-ring (bicyclic) bond motifs is 1. The molecule has 90 valence electrons. The van der Waals surface area contributed by atoms with Gasteiger partial charge in [-0.1, -0.05) is 40.2 Å². The number of hydrogen-bond donors (Lipinski definition) is 1. The van der Waals surface area contributed by atoms with Crippen LogP contribution in [0.5, 0.6) is 0 Å². The fourth-order valence-electron chi connectivity index (χ4n) is 1.75. The zero-order valence-electron chi connectivity index (χ0n) is 9.99. The maximum absolute atomic E-state index is 4.63. The molecule has 0 amide bonds. The van der Waals surface area contributed by atoms with Gasteiger partial charge in [0.25, 0.3) is 0 Å². The van der Waals surface area contributed by atoms with Gasteiger partial charge in [-0.05, 0) is 25.5 Å². The molecule has 0 saturated carbocycles. The van der Waals surface area contributed by atoms with Crippen molar-refractivity contribution in [3.05, 3.63) is 42.1 Å². The van der Waals surface area contributed by atoms with Crippen molar-refractivity contribution in [2.75, 3.05) is 5.33 Å². The van der Waals surface area contributed by atoms with E-state index in [1.54, 1.807) is 0 Å². The number of halogens is 1. The normalized spacial score (nSPS) is 12.8. The lowest BCUT2D eigenvalue weighted by Gasteiger charge is -2.11. The number of nitrogens with one attached hydrogen (secondary N) is 1. The van der Waals surface area contributed by atoms with Gasteiger partial charge >= 0.3 is 0 Å². The molecule has 2 aromatic rings. The Morgan fingerprint density at radius 2 is 2.06 bits per heavy atom. The predicted molar refractivity (Wildman–Crippen MR) is 76.5 cm³/mol. The van der Waals surface area contributed by atoms with E-state index < -0.39 is 0 Å². The molecule has 1 aromatic heterocycles. The number of nitrogens with zero attached hydrogens (tertiary/aromatic N) is 1. The monoisotopic (exact) mass is 292 g/mol. The minimum absolute atomic E-state index is 0.516. The molecule has 1 atom stereocenters. The third-order valence-corrected chi connectivity index (χ3v) is 3.29. The zero-order chi connectivity index (χ0) is 12.1. The van der Waals surface area contributed by atoms with Crippen molar-refractivity contribution in [3.63, 3.8) is 0 Å². The summed E-state index contributed by atoms with van der Waals surface area (Å²) in [5.74, 6) is 0. The molecule has 0 radical (unpaired) electrons. The Kier molecular flexibility index (Phi) is 4.51. The van der Waals surface area contributed by atoms with Crippen LogP contribution in [-0.2, 0) is 6.54 Å². The maximum atomic E-state index is 4.63. The van der Waals surface area contributed by atoms with Crippen LogP contribution in [0.2, 0.25) is 0 Å². The first kappa shape index (κ1) is 12.5. The van der Waals surface area contributed by atoms with Gasteiger partial charge in [0.15, 0.2) is 0 Å². The van der Waals surface area contributed by atoms with Gasteiger partial charge in [-0.2, -0.15) is 0 Å². The molecule has 0 spiro atoms. The summed E-state index contributed by atoms with van der Waals surface area (Å²) in [4.78, 5) is 4.63. The van der Waals surface area contributed by atoms with E-state index in [1.165, 1.54) is 5.39 Å². The van der Waals surface area contributed by atoms with Crippen molar-refractivity contribution in [2.24, 2.45) is 0 Å². The van der Waals surface area contributed by atoms with E-state index in [9.17, 15) is 0 Å². The smallest absolute Gasteiger partial charge is 0.0705 e. The molecule has 1 N–H and O–H groups in total. The molecule has 1 heterocycles. The second-order valence-electron chi connectivity index (χ2n) is 4.25. The molecular weight excluding hydrogens is 276 g/mol. The Labute approximate surface area is 111 Å². The average Bonchev–Trinajstić information content (AvgIpc) is 2.36. The maximum Gasteiger partial charge on any atom is 0.0705 e. The van der Waals surface area contributed by atoms with E-state index in [1.807, 2.05) is 12.1 Å². The van der Waals surface area contributed by atoms with E-state index in [0.29, 0.717) is 6.04 Å². The molecule has 1 unspecified atom stereocenters. The quantitative estimate of drug-likeness (QED) is 0.853. The molecule has 1 aromatic carbocycles. The van der Waals surface area contributed by atoms with Crippen LogP contribution in [0.15, 0.2) is 36.4 Å². The average molecular weight is 293 g/mol. The molecule has 2 rings (SSSR count). The molecule has 0 aliphatic carbocycles. The van der Waals surface area contributed by atoms with Crippen LogP contribution in [0.1, 0.15) is 19.0 Å². The largest absolute Gasteiger partial charge is 0.309 e. The van der Waals surface area contributed by atoms with Gasteiger partial charge in [-0.3, -0.25) is 4.98 Å². The highest BCUT2D eigenvalue weighted by molar-refractivity contribution is 9.09. The topological polar surface area (TPSA) is 24.9 Å². The number of benzene rings is 1. The van der Waals surface area contributed by atoms with Crippen molar-refractivity contribution in [1.29, 1.82) is 0 Å². The molecule has 0 saturated heterocycles. The summed E-state index contributed by atoms with van der Waals surface area (Å²) in [6.45, 7) is 3.03. The van der Waals surface area contributed by atoms with E-state index in [4.69, 9.17) is 0 Å². The fraction of sp³-hybridized carbons (Fsp3) is 0.357. The number of rotatable bonds is 5. The summed E-state index contributed by atoms with van der Waals surface area (Å²) in [6.07, 6.45) is 1.13. The van der Waals surface area contributed by atoms with Gasteiger partial charge in [-0.25, -0.2) is 0 Å². The van der Waals surface area contributed by atoms with Crippen molar-refractivity contribution < 1.29 is 0 Å². The standard InChI is InChI=1S/C14H17BrN2/c1-11(8-9-15)16-10-13-7-6-12-4-2-3-5-14(12)17-13/h2-7,11,16H,8-10H2,1H3. The highest BCUT2D eigenvalue weighted by Crippen LogP contribution is 2.11. The Hall–Kier alpha value is -0.930. The van der Waals surface area contributed by atoms with Gasteiger partial charge in [0, 0.05) is 23.3 Å². The van der Waals surface area contributed by atoms with Crippen molar-refractivity contribution in [3.8, 4) is 0 Å². The van der Waals surface area contributed by atoms with Crippen LogP contribution in [0, 0.1) is 0 Å². The van der Waals surface area contributed by atoms with Crippen LogP contribution in [0.4, 0.5) is 0 Å². The third kappa shape index (κ3) is 3.51. The summed E-state index contributed by atoms with van der Waals surface area (Å²) in [5, 5.41) is 5.70. The Balaban J connectivity index is 2.04. The van der Waals surface area contributed by atoms with Gasteiger partial charge < -0.3 is 5.32 Å². The van der Waals surface area contributed by atoms with Crippen LogP contribution in [-0.4, -0.2) is 16.4 Å². The van der Waals surface area contributed by atoms with E-state index in [2.05, 4.69) is 57.4 Å². The van der Waals surface area contributed by atoms with Crippen LogP contribution in [0.3, 0.4) is 0 Å². The SMILES string of the molecule is CC(CCBr)NCc1ccc2ccccc2n1. The first-order valence-electron chi connectivity index (χ1n) is 5.93. The van der Waals surface area contributed by atoms with Crippen LogP contribution < -0.4 is 5.32 Å². The van der Waals surface area contributed by atoms with Crippen molar-refractivity contribution in [1.82, 2.24) is 10.3 Å². The van der Waals surface area contributed by atoms with Crippen LogP contribution in [0.25, 0.3) is 10.9 Å². The van der Waals surface area contributed by atoms with Gasteiger partial charge in [0.05, 0.1) is 11.2 Å². The lowest BCUT2D eigenvalue weighted by atomic mass is 10.2. The highest BCUT2D eigenvalue weighted by Gasteiger charge is 2.02. The molecule has 0 bridgehead atoms. The number of para-hydroxylation sites is 1. The molecule has 2 nitrogen and oxygen atoms in total. The van der Waals surface area contributed by atoms with Crippen molar-refractivity contribution >= 4 is 26.8 Å². The number of alkyl halides is 1. The predicted octanol–water partition coefficient (Wildman–Crippen LogP) is 3.50. The van der Waals surface area contributed by atoms with E-state index in [-0.39, 0.29) is 0 Å². The Bertz CT molecular complexity index is 484. The fourth-order valence-corrected chi connectivity index (χ4v) is 2.44. The second kappa shape index (κ2) is 6.12. The van der Waals surface area contributed by atoms with Gasteiger partial charge in [0.2, 0.25) is 0 Å². The minimum Gasteiger partial charge on any atom is -0.309 e. The number of hydrogen-bond acceptors (Lipinski definition) is 2. The molecule has 0 aliphatic heterocycles. The van der Waals surface area contributed by atoms with E-state index in [0.717, 1.165) is 29.5 Å². The van der Waals surface area contributed by atoms with E-state index >= 15 is 0 Å². The second-order valence-corrected chi connectivity index (χ2v) is 5.05. The third-order valence-electron chi connectivity index (χ3n) is 2.83. The number of aromatic nitrogens is 1. The highest BCUT2D eigenvalue weighted by atomic mass is 79.9. The van der Waals surface area contributed by atoms with Gasteiger partial charge in [-0.15, -0.1) is 0 Å². The first-order chi connectivity index (χ1) is 8.29. The lowest BCUT2D eigenvalue weighted by Crippen LogP contribution is -2.26. The molecule has 0 aliphatic rings. The molecule has 3 heteroatoms. The number of pyridine rings is 1. The van der Waals surface area contributed by atoms with Crippen molar-refractivity contribution in [2.45, 2.75) is 25.9 Å². The summed E-state index contributed by atoms with van der Waals surface area (Å²) >= 11 is 3.45. The zero-order valence-corrected chi connectivity index (χ0v) is 11.6. The summed E-state index contributed by atoms with van der Waals surface area (Å²) in [7, 11) is 0. The Morgan fingerprint density at radius 1 is 1.24 bits per heavy atom. The summed E-state index contributed by atoms with van der Waals surface area (Å²) in [5.41, 5.74) is 2.17. The molecule has 17 heavy (non-hydrogen) atoms. The summed E-state index contributed by atoms with van der Waals surface area (Å²) in [6, 6.07) is 13.0. The minimum atomic E-state index is 0.516. The molecular formula is C14H17BrN2. The van der Waals surface area contributed by atoms with Crippen LogP contribution >= 0.6 is 15.9 Å². The summed E-state index contributed by atoms with van der Waals surface area (Å²) < 4.78 is 0. The molecule has 0 fully saturated rings. The Morgan fingerprint density at radius 3 is 2.88 bits per heavy atom. The van der Waals surface area contributed by atoms with Gasteiger partial charge in [0.1, 0.15) is 0 Å². The lowest BCUT2D eigenvalue weighted by molar-refractivity contribution is 0.534.